The number of rotatable bonds is 1. The van der Waals surface area contributed by atoms with Gasteiger partial charge in [0.2, 0.25) is 0 Å². The van der Waals surface area contributed by atoms with Gasteiger partial charge in [-0.1, -0.05) is 11.6 Å². The van der Waals surface area contributed by atoms with Crippen molar-refractivity contribution >= 4 is 33.0 Å². The summed E-state index contributed by atoms with van der Waals surface area (Å²) in [6.07, 6.45) is 0. The van der Waals surface area contributed by atoms with Crippen LogP contribution in [-0.4, -0.2) is 7.11 Å². The smallest absolute Gasteiger partial charge is 0.127 e. The van der Waals surface area contributed by atoms with Gasteiger partial charge in [0.1, 0.15) is 5.75 Å². The van der Waals surface area contributed by atoms with Gasteiger partial charge in [-0.3, -0.25) is 0 Å². The minimum Gasteiger partial charge on any atom is -0.496 e. The number of hydrogen-bond acceptors (Lipinski definition) is 2. The monoisotopic (exact) mass is 212 g/mol. The molecular weight excluding hydrogens is 204 g/mol. The fourth-order valence-corrected chi connectivity index (χ4v) is 2.58. The van der Waals surface area contributed by atoms with Crippen LogP contribution in [0.4, 0.5) is 0 Å². The summed E-state index contributed by atoms with van der Waals surface area (Å²) >= 11 is 7.75. The van der Waals surface area contributed by atoms with Crippen molar-refractivity contribution in [3.63, 3.8) is 0 Å². The largest absolute Gasteiger partial charge is 0.496 e. The van der Waals surface area contributed by atoms with Gasteiger partial charge in [0, 0.05) is 10.3 Å². The highest BCUT2D eigenvalue weighted by Gasteiger charge is 2.07. The minimum absolute atomic E-state index is 0.800. The highest BCUT2D eigenvalue weighted by Crippen LogP contribution is 2.37. The third-order valence-corrected chi connectivity index (χ3v) is 3.45. The van der Waals surface area contributed by atoms with Crippen molar-refractivity contribution in [1.82, 2.24) is 0 Å². The highest BCUT2D eigenvalue weighted by atomic mass is 35.5. The number of aryl methyl sites for hydroxylation is 1. The lowest BCUT2D eigenvalue weighted by atomic mass is 10.2. The third-order valence-electron chi connectivity index (χ3n) is 1.94. The van der Waals surface area contributed by atoms with Crippen LogP contribution in [-0.2, 0) is 0 Å². The molecule has 0 aliphatic carbocycles. The minimum atomic E-state index is 0.800. The molecule has 1 aromatic heterocycles. The first-order chi connectivity index (χ1) is 6.22. The van der Waals surface area contributed by atoms with E-state index in [-0.39, 0.29) is 0 Å². The molecular formula is C10H9ClOS. The Labute approximate surface area is 85.9 Å². The van der Waals surface area contributed by atoms with E-state index in [2.05, 4.69) is 13.0 Å². The van der Waals surface area contributed by atoms with Crippen LogP contribution in [0.2, 0.25) is 5.02 Å². The first-order valence-electron chi connectivity index (χ1n) is 3.95. The van der Waals surface area contributed by atoms with Gasteiger partial charge >= 0.3 is 0 Å². The number of thiophene rings is 1. The van der Waals surface area contributed by atoms with Gasteiger partial charge in [0.25, 0.3) is 0 Å². The number of hydrogen-bond donors (Lipinski definition) is 0. The third kappa shape index (κ3) is 1.40. The predicted octanol–water partition coefficient (Wildman–Crippen LogP) is 3.87. The van der Waals surface area contributed by atoms with Gasteiger partial charge in [-0.05, 0) is 25.1 Å². The molecule has 0 N–H and O–H groups in total. The number of benzene rings is 1. The Morgan fingerprint density at radius 3 is 2.85 bits per heavy atom. The molecule has 2 rings (SSSR count). The summed E-state index contributed by atoms with van der Waals surface area (Å²) in [7, 11) is 1.68. The van der Waals surface area contributed by atoms with Crippen LogP contribution >= 0.6 is 22.9 Å². The van der Waals surface area contributed by atoms with Gasteiger partial charge in [-0.15, -0.1) is 11.3 Å². The van der Waals surface area contributed by atoms with Gasteiger partial charge in [-0.2, -0.15) is 0 Å². The molecule has 0 saturated heterocycles. The summed E-state index contributed by atoms with van der Waals surface area (Å²) in [6.45, 7) is 2.07. The second kappa shape index (κ2) is 3.20. The van der Waals surface area contributed by atoms with E-state index in [4.69, 9.17) is 16.3 Å². The molecule has 0 bridgehead atoms. The average Bonchev–Trinajstić information content (AvgIpc) is 2.48. The molecule has 1 heterocycles. The normalized spacial score (nSPS) is 10.7. The number of halogens is 1. The van der Waals surface area contributed by atoms with Crippen LogP contribution < -0.4 is 4.74 Å². The Morgan fingerprint density at radius 1 is 1.38 bits per heavy atom. The molecule has 0 atom stereocenters. The van der Waals surface area contributed by atoms with Crippen molar-refractivity contribution < 1.29 is 4.74 Å². The van der Waals surface area contributed by atoms with Crippen molar-refractivity contribution in [2.24, 2.45) is 0 Å². The molecule has 0 aliphatic heterocycles. The zero-order valence-corrected chi connectivity index (χ0v) is 9.00. The first-order valence-corrected chi connectivity index (χ1v) is 5.14. The maximum absolute atomic E-state index is 6.05. The summed E-state index contributed by atoms with van der Waals surface area (Å²) in [5.41, 5.74) is 0. The van der Waals surface area contributed by atoms with E-state index in [9.17, 15) is 0 Å². The molecule has 0 spiro atoms. The van der Waals surface area contributed by atoms with E-state index < -0.39 is 0 Å². The summed E-state index contributed by atoms with van der Waals surface area (Å²) in [6, 6.07) is 5.88. The summed E-state index contributed by atoms with van der Waals surface area (Å²) in [4.78, 5) is 1.25. The number of fused-ring (bicyclic) bond motifs is 1. The van der Waals surface area contributed by atoms with E-state index in [0.717, 1.165) is 20.9 Å². The Bertz CT molecular complexity index is 447. The molecule has 0 aliphatic rings. The van der Waals surface area contributed by atoms with Gasteiger partial charge in [-0.25, -0.2) is 0 Å². The summed E-state index contributed by atoms with van der Waals surface area (Å²) < 4.78 is 6.35. The predicted molar refractivity (Wildman–Crippen MR) is 58.1 cm³/mol. The van der Waals surface area contributed by atoms with E-state index in [0.29, 0.717) is 0 Å². The zero-order chi connectivity index (χ0) is 9.42. The molecule has 1 nitrogen and oxygen atoms in total. The molecule has 3 heteroatoms. The zero-order valence-electron chi connectivity index (χ0n) is 7.43. The number of methoxy groups -OCH3 is 1. The van der Waals surface area contributed by atoms with Gasteiger partial charge in [0.05, 0.1) is 16.8 Å². The highest BCUT2D eigenvalue weighted by molar-refractivity contribution is 7.19. The Kier molecular flexibility index (Phi) is 2.18. The van der Waals surface area contributed by atoms with E-state index in [1.807, 2.05) is 12.1 Å². The van der Waals surface area contributed by atoms with Crippen molar-refractivity contribution in [3.8, 4) is 5.75 Å². The summed E-state index contributed by atoms with van der Waals surface area (Å²) in [5.74, 6) is 0.892. The maximum atomic E-state index is 6.05. The average molecular weight is 213 g/mol. The molecule has 68 valence electrons. The van der Waals surface area contributed by atoms with E-state index >= 15 is 0 Å². The lowest BCUT2D eigenvalue weighted by Crippen LogP contribution is -1.81. The molecule has 1 aromatic carbocycles. The molecule has 13 heavy (non-hydrogen) atoms. The number of ether oxygens (including phenoxy) is 1. The fourth-order valence-electron chi connectivity index (χ4n) is 1.37. The lowest BCUT2D eigenvalue weighted by Gasteiger charge is -2.01. The standard InChI is InChI=1S/C10H9ClOS/c1-6-5-7-9(12-2)4-3-8(11)10(7)13-6/h3-5H,1-2H3. The van der Waals surface area contributed by atoms with E-state index in [1.165, 1.54) is 4.88 Å². The van der Waals surface area contributed by atoms with Crippen molar-refractivity contribution in [1.29, 1.82) is 0 Å². The molecule has 0 unspecified atom stereocenters. The molecule has 2 aromatic rings. The van der Waals surface area contributed by atoms with Crippen LogP contribution in [0.5, 0.6) is 5.75 Å². The van der Waals surface area contributed by atoms with Crippen LogP contribution in [0.1, 0.15) is 4.88 Å². The molecule has 0 amide bonds. The maximum Gasteiger partial charge on any atom is 0.127 e. The van der Waals surface area contributed by atoms with Crippen LogP contribution in [0.3, 0.4) is 0 Å². The van der Waals surface area contributed by atoms with Crippen LogP contribution in [0, 0.1) is 6.92 Å². The topological polar surface area (TPSA) is 9.23 Å². The van der Waals surface area contributed by atoms with Crippen molar-refractivity contribution in [3.05, 3.63) is 28.1 Å². The molecule has 0 radical (unpaired) electrons. The van der Waals surface area contributed by atoms with Crippen molar-refractivity contribution in [2.45, 2.75) is 6.92 Å². The van der Waals surface area contributed by atoms with Gasteiger partial charge in [0.15, 0.2) is 0 Å². The Balaban J connectivity index is 2.83. The van der Waals surface area contributed by atoms with Crippen molar-refractivity contribution in [2.75, 3.05) is 7.11 Å². The SMILES string of the molecule is COc1ccc(Cl)c2sc(C)cc12. The Hall–Kier alpha value is -0.730. The van der Waals surface area contributed by atoms with Crippen LogP contribution in [0.15, 0.2) is 18.2 Å². The molecule has 0 fully saturated rings. The second-order valence-corrected chi connectivity index (χ2v) is 4.51. The lowest BCUT2D eigenvalue weighted by molar-refractivity contribution is 0.420. The fraction of sp³-hybridized carbons (Fsp3) is 0.200. The quantitative estimate of drug-likeness (QED) is 0.697. The second-order valence-electron chi connectivity index (χ2n) is 2.85. The first kappa shape index (κ1) is 8.85. The van der Waals surface area contributed by atoms with E-state index in [1.54, 1.807) is 18.4 Å². The van der Waals surface area contributed by atoms with Crippen LogP contribution in [0.25, 0.3) is 10.1 Å². The summed E-state index contributed by atoms with van der Waals surface area (Å²) in [5, 5.41) is 1.91. The molecule has 0 saturated carbocycles. The Morgan fingerprint density at radius 2 is 2.15 bits per heavy atom. The van der Waals surface area contributed by atoms with Gasteiger partial charge < -0.3 is 4.74 Å².